The van der Waals surface area contributed by atoms with Crippen LogP contribution in [0.4, 0.5) is 5.69 Å². The molecule has 1 N–H and O–H groups in total. The monoisotopic (exact) mass is 389 g/mol. The number of carbonyl (C=O) groups is 2. The van der Waals surface area contributed by atoms with Gasteiger partial charge in [0.05, 0.1) is 18.8 Å². The molecular weight excluding hydrogens is 366 g/mol. The third-order valence-electron chi connectivity index (χ3n) is 3.91. The highest BCUT2D eigenvalue weighted by atomic mass is 35.5. The summed E-state index contributed by atoms with van der Waals surface area (Å²) in [6.07, 6.45) is 0.929. The van der Waals surface area contributed by atoms with E-state index in [1.54, 1.807) is 31.2 Å². The SMILES string of the molecule is CCOC(=O)c1ccc(NC(=O)CCCOc2cc(C)c(Cl)c(C)c2)cc1. The topological polar surface area (TPSA) is 64.6 Å². The fraction of sp³-hybridized carbons (Fsp3) is 0.333. The highest BCUT2D eigenvalue weighted by Gasteiger charge is 2.08. The third-order valence-corrected chi connectivity index (χ3v) is 4.50. The maximum absolute atomic E-state index is 12.0. The van der Waals surface area contributed by atoms with Crippen LogP contribution >= 0.6 is 11.6 Å². The van der Waals surface area contributed by atoms with Crippen LogP contribution < -0.4 is 10.1 Å². The normalized spacial score (nSPS) is 10.4. The molecule has 5 nitrogen and oxygen atoms in total. The van der Waals surface area contributed by atoms with Gasteiger partial charge in [0.2, 0.25) is 5.91 Å². The van der Waals surface area contributed by atoms with Crippen molar-refractivity contribution in [3.8, 4) is 5.75 Å². The largest absolute Gasteiger partial charge is 0.494 e. The minimum atomic E-state index is -0.375. The Kier molecular flexibility index (Phi) is 7.67. The van der Waals surface area contributed by atoms with E-state index in [-0.39, 0.29) is 11.9 Å². The van der Waals surface area contributed by atoms with Gasteiger partial charge in [-0.3, -0.25) is 4.79 Å². The molecule has 0 fully saturated rings. The van der Waals surface area contributed by atoms with Crippen LogP contribution in [0.25, 0.3) is 0 Å². The Balaban J connectivity index is 1.75. The molecule has 0 aliphatic heterocycles. The number of rotatable bonds is 8. The molecule has 0 heterocycles. The Bertz CT molecular complexity index is 779. The van der Waals surface area contributed by atoms with Crippen LogP contribution in [0.2, 0.25) is 5.02 Å². The van der Waals surface area contributed by atoms with Gasteiger partial charge in [-0.1, -0.05) is 11.6 Å². The minimum absolute atomic E-state index is 0.106. The van der Waals surface area contributed by atoms with Crippen molar-refractivity contribution in [2.75, 3.05) is 18.5 Å². The van der Waals surface area contributed by atoms with Crippen molar-refractivity contribution in [1.82, 2.24) is 0 Å². The van der Waals surface area contributed by atoms with Gasteiger partial charge in [0.15, 0.2) is 0 Å². The molecule has 0 radical (unpaired) electrons. The van der Waals surface area contributed by atoms with Crippen LogP contribution in [-0.2, 0) is 9.53 Å². The van der Waals surface area contributed by atoms with E-state index in [1.165, 1.54) is 0 Å². The summed E-state index contributed by atoms with van der Waals surface area (Å²) in [4.78, 5) is 23.6. The lowest BCUT2D eigenvalue weighted by Gasteiger charge is -2.10. The van der Waals surface area contributed by atoms with Gasteiger partial charge in [-0.15, -0.1) is 0 Å². The molecule has 0 aliphatic carbocycles. The van der Waals surface area contributed by atoms with Crippen LogP contribution in [0.5, 0.6) is 5.75 Å². The molecule has 0 saturated heterocycles. The van der Waals surface area contributed by atoms with Crippen molar-refractivity contribution < 1.29 is 19.1 Å². The van der Waals surface area contributed by atoms with Gasteiger partial charge in [0.25, 0.3) is 0 Å². The van der Waals surface area contributed by atoms with Gasteiger partial charge in [-0.05, 0) is 74.7 Å². The van der Waals surface area contributed by atoms with E-state index in [4.69, 9.17) is 21.1 Å². The maximum atomic E-state index is 12.0. The number of nitrogens with one attached hydrogen (secondary N) is 1. The number of anilines is 1. The van der Waals surface area contributed by atoms with Gasteiger partial charge in [-0.2, -0.15) is 0 Å². The standard InChI is InChI=1S/C21H24ClNO4/c1-4-26-21(25)16-7-9-17(10-8-16)23-19(24)6-5-11-27-18-12-14(2)20(22)15(3)13-18/h7-10,12-13H,4-6,11H2,1-3H3,(H,23,24). The third kappa shape index (κ3) is 6.29. The van der Waals surface area contributed by atoms with Crippen molar-refractivity contribution in [2.24, 2.45) is 0 Å². The van der Waals surface area contributed by atoms with E-state index < -0.39 is 0 Å². The number of benzene rings is 2. The molecule has 144 valence electrons. The first kappa shape index (κ1) is 20.8. The lowest BCUT2D eigenvalue weighted by molar-refractivity contribution is -0.116. The van der Waals surface area contributed by atoms with E-state index in [0.29, 0.717) is 37.3 Å². The van der Waals surface area contributed by atoms with Crippen LogP contribution in [0.15, 0.2) is 36.4 Å². The molecule has 0 aromatic heterocycles. The molecule has 2 rings (SSSR count). The number of hydrogen-bond acceptors (Lipinski definition) is 4. The average molecular weight is 390 g/mol. The fourth-order valence-corrected chi connectivity index (χ4v) is 2.65. The van der Waals surface area contributed by atoms with Gasteiger partial charge < -0.3 is 14.8 Å². The summed E-state index contributed by atoms with van der Waals surface area (Å²) in [6, 6.07) is 10.4. The first-order valence-corrected chi connectivity index (χ1v) is 9.25. The Morgan fingerprint density at radius 3 is 2.30 bits per heavy atom. The van der Waals surface area contributed by atoms with E-state index in [2.05, 4.69) is 5.32 Å². The predicted molar refractivity (Wildman–Crippen MR) is 107 cm³/mol. The molecule has 0 spiro atoms. The Labute approximate surface area is 164 Å². The highest BCUT2D eigenvalue weighted by Crippen LogP contribution is 2.26. The summed E-state index contributed by atoms with van der Waals surface area (Å²) in [6.45, 7) is 6.39. The molecule has 27 heavy (non-hydrogen) atoms. The Morgan fingerprint density at radius 2 is 1.70 bits per heavy atom. The van der Waals surface area contributed by atoms with Crippen LogP contribution in [0.3, 0.4) is 0 Å². The number of esters is 1. The second kappa shape index (κ2) is 9.97. The second-order valence-corrected chi connectivity index (χ2v) is 6.55. The van der Waals surface area contributed by atoms with Crippen LogP contribution in [-0.4, -0.2) is 25.1 Å². The first-order valence-electron chi connectivity index (χ1n) is 8.87. The summed E-state index contributed by atoms with van der Waals surface area (Å²) >= 11 is 6.14. The maximum Gasteiger partial charge on any atom is 0.338 e. The Hall–Kier alpha value is -2.53. The average Bonchev–Trinajstić information content (AvgIpc) is 2.64. The van der Waals surface area contributed by atoms with Crippen molar-refractivity contribution in [3.63, 3.8) is 0 Å². The number of aryl methyl sites for hydroxylation is 2. The van der Waals surface area contributed by atoms with Crippen LogP contribution in [0, 0.1) is 13.8 Å². The number of halogens is 1. The summed E-state index contributed by atoms with van der Waals surface area (Å²) in [5.74, 6) is 0.274. The molecule has 2 aromatic carbocycles. The van der Waals surface area contributed by atoms with Crippen molar-refractivity contribution in [3.05, 3.63) is 58.1 Å². The minimum Gasteiger partial charge on any atom is -0.494 e. The van der Waals surface area contributed by atoms with E-state index in [0.717, 1.165) is 21.9 Å². The lowest BCUT2D eigenvalue weighted by atomic mass is 10.1. The van der Waals surface area contributed by atoms with Crippen molar-refractivity contribution >= 4 is 29.2 Å². The molecule has 0 aliphatic rings. The van der Waals surface area contributed by atoms with E-state index >= 15 is 0 Å². The van der Waals surface area contributed by atoms with Crippen molar-refractivity contribution in [1.29, 1.82) is 0 Å². The zero-order chi connectivity index (χ0) is 19.8. The van der Waals surface area contributed by atoms with Gasteiger partial charge in [0.1, 0.15) is 5.75 Å². The molecular formula is C21H24ClNO4. The van der Waals surface area contributed by atoms with Crippen LogP contribution in [0.1, 0.15) is 41.3 Å². The lowest BCUT2D eigenvalue weighted by Crippen LogP contribution is -2.13. The first-order chi connectivity index (χ1) is 12.9. The second-order valence-electron chi connectivity index (χ2n) is 6.17. The fourth-order valence-electron chi connectivity index (χ4n) is 2.54. The quantitative estimate of drug-likeness (QED) is 0.513. The molecule has 1 amide bonds. The molecule has 0 bridgehead atoms. The van der Waals surface area contributed by atoms with E-state index in [1.807, 2.05) is 26.0 Å². The summed E-state index contributed by atoms with van der Waals surface area (Å²) in [7, 11) is 0. The van der Waals surface area contributed by atoms with E-state index in [9.17, 15) is 9.59 Å². The molecule has 6 heteroatoms. The van der Waals surface area contributed by atoms with Gasteiger partial charge >= 0.3 is 5.97 Å². The van der Waals surface area contributed by atoms with Gasteiger partial charge in [0, 0.05) is 17.1 Å². The molecule has 0 saturated carbocycles. The predicted octanol–water partition coefficient (Wildman–Crippen LogP) is 4.93. The van der Waals surface area contributed by atoms with Crippen molar-refractivity contribution in [2.45, 2.75) is 33.6 Å². The zero-order valence-corrected chi connectivity index (χ0v) is 16.6. The number of hydrogen-bond donors (Lipinski definition) is 1. The summed E-state index contributed by atoms with van der Waals surface area (Å²) in [5, 5.41) is 3.55. The highest BCUT2D eigenvalue weighted by molar-refractivity contribution is 6.32. The molecule has 0 atom stereocenters. The number of ether oxygens (including phenoxy) is 2. The summed E-state index contributed by atoms with van der Waals surface area (Å²) < 4.78 is 10.6. The smallest absolute Gasteiger partial charge is 0.338 e. The summed E-state index contributed by atoms with van der Waals surface area (Å²) in [5.41, 5.74) is 3.03. The molecule has 0 unspecified atom stereocenters. The molecule has 2 aromatic rings. The zero-order valence-electron chi connectivity index (χ0n) is 15.8. The number of amides is 1. The Morgan fingerprint density at radius 1 is 1.07 bits per heavy atom. The van der Waals surface area contributed by atoms with Gasteiger partial charge in [-0.25, -0.2) is 4.79 Å². The number of carbonyl (C=O) groups excluding carboxylic acids is 2.